The molecule has 1 aliphatic carbocycles. The van der Waals surface area contributed by atoms with E-state index < -0.39 is 5.41 Å². The molecule has 0 atom stereocenters. The van der Waals surface area contributed by atoms with Crippen LogP contribution in [0.2, 0.25) is 0 Å². The van der Waals surface area contributed by atoms with Gasteiger partial charge in [0.05, 0.1) is 19.1 Å². The molecule has 1 amide bonds. The van der Waals surface area contributed by atoms with Crippen LogP contribution in [0.25, 0.3) is 11.4 Å². The number of carbonyl (C=O) groups is 1. The summed E-state index contributed by atoms with van der Waals surface area (Å²) in [5.41, 5.74) is 0.429. The molecule has 1 heterocycles. The quantitative estimate of drug-likeness (QED) is 0.724. The van der Waals surface area contributed by atoms with Crippen LogP contribution in [0.3, 0.4) is 0 Å². The summed E-state index contributed by atoms with van der Waals surface area (Å²) in [5.74, 6) is 0.870. The van der Waals surface area contributed by atoms with Gasteiger partial charge in [-0.05, 0) is 43.2 Å². The predicted octanol–water partition coefficient (Wildman–Crippen LogP) is 3.23. The highest BCUT2D eigenvalue weighted by Gasteiger charge is 2.52. The lowest BCUT2D eigenvalue weighted by molar-refractivity contribution is -0.123. The van der Waals surface area contributed by atoms with Crippen molar-refractivity contribution in [3.63, 3.8) is 0 Å². The largest absolute Gasteiger partial charge is 0.497 e. The number of benzene rings is 2. The van der Waals surface area contributed by atoms with Crippen molar-refractivity contribution in [1.82, 2.24) is 15.5 Å². The van der Waals surface area contributed by atoms with Crippen molar-refractivity contribution in [3.8, 4) is 17.1 Å². The van der Waals surface area contributed by atoms with Gasteiger partial charge in [0, 0.05) is 11.1 Å². The molecule has 1 N–H and O–H groups in total. The van der Waals surface area contributed by atoms with Gasteiger partial charge in [0.2, 0.25) is 17.6 Å². The molecule has 1 aromatic heterocycles. The molecule has 1 fully saturated rings. The molecule has 27 heavy (non-hydrogen) atoms. The standard InChI is InChI=1S/C20H18FN3O3/c1-26-14-8-6-13(7-9-14)18-23-17(27-24-18)12-22-19(25)20(10-11-20)15-4-2-3-5-16(15)21/h2-9H,10-12H2,1H3,(H,22,25). The minimum atomic E-state index is -0.788. The number of amides is 1. The van der Waals surface area contributed by atoms with Crippen LogP contribution in [0.5, 0.6) is 5.75 Å². The Hall–Kier alpha value is -3.22. The molecule has 1 aliphatic rings. The van der Waals surface area contributed by atoms with Crippen molar-refractivity contribution in [2.75, 3.05) is 7.11 Å². The van der Waals surface area contributed by atoms with Gasteiger partial charge >= 0.3 is 0 Å². The molecule has 2 aromatic carbocycles. The second kappa shape index (κ2) is 6.83. The van der Waals surface area contributed by atoms with E-state index >= 15 is 0 Å². The number of nitrogens with zero attached hydrogens (tertiary/aromatic N) is 2. The number of ether oxygens (including phenoxy) is 1. The van der Waals surface area contributed by atoms with Crippen molar-refractivity contribution in [3.05, 3.63) is 65.8 Å². The second-order valence-electron chi connectivity index (χ2n) is 6.48. The Morgan fingerprint density at radius 1 is 1.22 bits per heavy atom. The number of carbonyl (C=O) groups excluding carboxylic acids is 1. The normalized spacial score (nSPS) is 14.6. The van der Waals surface area contributed by atoms with E-state index in [-0.39, 0.29) is 18.3 Å². The first-order valence-corrected chi connectivity index (χ1v) is 8.63. The molecule has 0 aliphatic heterocycles. The van der Waals surface area contributed by atoms with Gasteiger partial charge in [-0.2, -0.15) is 4.98 Å². The molecule has 0 spiro atoms. The van der Waals surface area contributed by atoms with E-state index in [0.717, 1.165) is 11.3 Å². The monoisotopic (exact) mass is 367 g/mol. The highest BCUT2D eigenvalue weighted by molar-refractivity contribution is 5.91. The summed E-state index contributed by atoms with van der Waals surface area (Å²) < 4.78 is 24.4. The number of nitrogens with one attached hydrogen (secondary N) is 1. The van der Waals surface area contributed by atoms with Gasteiger partial charge in [-0.3, -0.25) is 4.79 Å². The Bertz CT molecular complexity index is 965. The Kier molecular flexibility index (Phi) is 4.35. The number of halogens is 1. The molecule has 0 unspecified atom stereocenters. The fraction of sp³-hybridized carbons (Fsp3) is 0.250. The van der Waals surface area contributed by atoms with Crippen LogP contribution in [-0.2, 0) is 16.8 Å². The van der Waals surface area contributed by atoms with Crippen LogP contribution in [0.15, 0.2) is 53.1 Å². The lowest BCUT2D eigenvalue weighted by Crippen LogP contribution is -2.35. The van der Waals surface area contributed by atoms with E-state index in [0.29, 0.717) is 30.1 Å². The van der Waals surface area contributed by atoms with E-state index in [1.165, 1.54) is 6.07 Å². The number of rotatable bonds is 6. The number of methoxy groups -OCH3 is 1. The van der Waals surface area contributed by atoms with Crippen molar-refractivity contribution < 1.29 is 18.4 Å². The molecule has 0 saturated heterocycles. The molecule has 4 rings (SSSR count). The fourth-order valence-electron chi connectivity index (χ4n) is 3.10. The van der Waals surface area contributed by atoms with Crippen molar-refractivity contribution >= 4 is 5.91 Å². The lowest BCUT2D eigenvalue weighted by atomic mass is 9.94. The molecule has 0 bridgehead atoms. The Morgan fingerprint density at radius 2 is 1.96 bits per heavy atom. The Labute approximate surface area is 155 Å². The van der Waals surface area contributed by atoms with Crippen LogP contribution in [0.1, 0.15) is 24.3 Å². The van der Waals surface area contributed by atoms with Gasteiger partial charge in [0.25, 0.3) is 0 Å². The lowest BCUT2D eigenvalue weighted by Gasteiger charge is -2.15. The summed E-state index contributed by atoms with van der Waals surface area (Å²) >= 11 is 0. The first-order valence-electron chi connectivity index (χ1n) is 8.63. The van der Waals surface area contributed by atoms with Crippen LogP contribution in [-0.4, -0.2) is 23.2 Å². The number of hydrogen-bond donors (Lipinski definition) is 1. The van der Waals surface area contributed by atoms with Gasteiger partial charge in [0.15, 0.2) is 0 Å². The van der Waals surface area contributed by atoms with Gasteiger partial charge < -0.3 is 14.6 Å². The summed E-state index contributed by atoms with van der Waals surface area (Å²) in [4.78, 5) is 16.9. The zero-order valence-corrected chi connectivity index (χ0v) is 14.7. The minimum absolute atomic E-state index is 0.0954. The number of aromatic nitrogens is 2. The van der Waals surface area contributed by atoms with Crippen LogP contribution in [0, 0.1) is 5.82 Å². The third-order valence-corrected chi connectivity index (χ3v) is 4.79. The maximum Gasteiger partial charge on any atom is 0.246 e. The number of hydrogen-bond acceptors (Lipinski definition) is 5. The van der Waals surface area contributed by atoms with Crippen molar-refractivity contribution in [1.29, 1.82) is 0 Å². The highest BCUT2D eigenvalue weighted by atomic mass is 19.1. The first kappa shape index (κ1) is 17.2. The fourth-order valence-corrected chi connectivity index (χ4v) is 3.10. The van der Waals surface area contributed by atoms with Gasteiger partial charge in [0.1, 0.15) is 11.6 Å². The maximum absolute atomic E-state index is 14.1. The van der Waals surface area contributed by atoms with Gasteiger partial charge in [-0.15, -0.1) is 0 Å². The molecular formula is C20H18FN3O3. The molecule has 7 heteroatoms. The molecule has 3 aromatic rings. The van der Waals surface area contributed by atoms with Crippen LogP contribution in [0.4, 0.5) is 4.39 Å². The predicted molar refractivity (Wildman–Crippen MR) is 95.4 cm³/mol. The smallest absolute Gasteiger partial charge is 0.246 e. The molecule has 138 valence electrons. The van der Waals surface area contributed by atoms with Gasteiger partial charge in [-0.25, -0.2) is 4.39 Å². The van der Waals surface area contributed by atoms with E-state index in [1.54, 1.807) is 37.4 Å². The summed E-state index contributed by atoms with van der Waals surface area (Å²) in [5, 5.41) is 6.72. The SMILES string of the molecule is COc1ccc(-c2noc(CNC(=O)C3(c4ccccc4F)CC3)n2)cc1. The molecule has 1 saturated carbocycles. The zero-order valence-electron chi connectivity index (χ0n) is 14.7. The summed E-state index contributed by atoms with van der Waals surface area (Å²) in [7, 11) is 1.60. The van der Waals surface area contributed by atoms with Gasteiger partial charge in [-0.1, -0.05) is 23.4 Å². The topological polar surface area (TPSA) is 77.3 Å². The maximum atomic E-state index is 14.1. The Morgan fingerprint density at radius 3 is 2.63 bits per heavy atom. The summed E-state index contributed by atoms with van der Waals surface area (Å²) in [6.07, 6.45) is 1.25. The zero-order chi connectivity index (χ0) is 18.9. The second-order valence-corrected chi connectivity index (χ2v) is 6.48. The first-order chi connectivity index (χ1) is 13.1. The molecule has 0 radical (unpaired) electrons. The van der Waals surface area contributed by atoms with Crippen LogP contribution < -0.4 is 10.1 Å². The van der Waals surface area contributed by atoms with Crippen molar-refractivity contribution in [2.24, 2.45) is 0 Å². The van der Waals surface area contributed by atoms with Crippen molar-refractivity contribution in [2.45, 2.75) is 24.8 Å². The highest BCUT2D eigenvalue weighted by Crippen LogP contribution is 2.49. The minimum Gasteiger partial charge on any atom is -0.497 e. The molecular weight excluding hydrogens is 349 g/mol. The molecule has 6 nitrogen and oxygen atoms in total. The average molecular weight is 367 g/mol. The van der Waals surface area contributed by atoms with E-state index in [4.69, 9.17) is 9.26 Å². The average Bonchev–Trinajstić information content (AvgIpc) is 3.37. The van der Waals surface area contributed by atoms with E-state index in [1.807, 2.05) is 12.1 Å². The van der Waals surface area contributed by atoms with Crippen LogP contribution >= 0.6 is 0 Å². The third kappa shape index (κ3) is 3.28. The third-order valence-electron chi connectivity index (χ3n) is 4.79. The Balaban J connectivity index is 1.43. The van der Waals surface area contributed by atoms with E-state index in [2.05, 4.69) is 15.5 Å². The van der Waals surface area contributed by atoms with E-state index in [9.17, 15) is 9.18 Å². The summed E-state index contributed by atoms with van der Waals surface area (Å²) in [6, 6.07) is 13.7. The summed E-state index contributed by atoms with van der Waals surface area (Å²) in [6.45, 7) is 0.0954.